The second-order valence-corrected chi connectivity index (χ2v) is 12.3. The fraction of sp³-hybridized carbons (Fsp3) is 0.375. The number of methoxy groups -OCH3 is 2. The summed E-state index contributed by atoms with van der Waals surface area (Å²) in [5.41, 5.74) is 0.295. The smallest absolute Gasteiger partial charge is 0.328 e. The van der Waals surface area contributed by atoms with Gasteiger partial charge in [-0.15, -0.1) is 12.4 Å². The molecule has 49 heavy (non-hydrogen) atoms. The Bertz CT molecular complexity index is 1470. The van der Waals surface area contributed by atoms with Crippen LogP contribution in [0.3, 0.4) is 0 Å². The Labute approximate surface area is 298 Å². The third kappa shape index (κ3) is 12.5. The molecule has 0 aliphatic rings. The third-order valence-electron chi connectivity index (χ3n) is 6.76. The van der Waals surface area contributed by atoms with Gasteiger partial charge in [-0.3, -0.25) is 28.8 Å². The van der Waals surface area contributed by atoms with Gasteiger partial charge in [0.05, 0.1) is 36.7 Å². The lowest BCUT2D eigenvalue weighted by atomic mass is 10.0. The Morgan fingerprint density at radius 2 is 0.959 bits per heavy atom. The van der Waals surface area contributed by atoms with Crippen molar-refractivity contribution in [3.05, 3.63) is 58.7 Å². The van der Waals surface area contributed by atoms with Crippen LogP contribution in [0.4, 0.5) is 11.4 Å². The molecule has 0 aliphatic heterocycles. The van der Waals surface area contributed by atoms with Gasteiger partial charge in [-0.2, -0.15) is 23.5 Å². The van der Waals surface area contributed by atoms with Crippen LogP contribution in [0.5, 0.6) is 0 Å². The predicted molar refractivity (Wildman–Crippen MR) is 189 cm³/mol. The van der Waals surface area contributed by atoms with Crippen molar-refractivity contribution in [1.82, 2.24) is 10.6 Å². The number of Topliss-reactive ketones (excluding diaryl/α,β-unsaturated/α-hetero) is 2. The molecule has 0 heterocycles. The lowest BCUT2D eigenvalue weighted by molar-refractivity contribution is -0.145. The van der Waals surface area contributed by atoms with Gasteiger partial charge in [-0.25, -0.2) is 9.59 Å². The minimum Gasteiger partial charge on any atom is -0.467 e. The number of hydrogen-bond acceptors (Lipinski definition) is 12. The monoisotopic (exact) mass is 738 g/mol. The topological polar surface area (TPSA) is 203 Å². The number of thioether (sulfide) groups is 2. The van der Waals surface area contributed by atoms with E-state index >= 15 is 0 Å². The number of anilines is 2. The van der Waals surface area contributed by atoms with E-state index in [-0.39, 0.29) is 47.8 Å². The highest BCUT2D eigenvalue weighted by Crippen LogP contribution is 2.21. The first-order chi connectivity index (χ1) is 22.8. The minimum atomic E-state index is -1.26. The van der Waals surface area contributed by atoms with Crippen LogP contribution in [-0.4, -0.2) is 97.5 Å². The third-order valence-corrected chi connectivity index (χ3v) is 8.05. The number of nitrogens with one attached hydrogen (secondary N) is 4. The van der Waals surface area contributed by atoms with E-state index in [1.807, 2.05) is 12.5 Å². The molecule has 0 saturated heterocycles. The molecule has 2 aromatic rings. The second kappa shape index (κ2) is 20.8. The zero-order valence-electron chi connectivity index (χ0n) is 27.8. The standard InChI is InChI=1S/C32H38N4O10S2.ClH/c1-17-7-9-21(19(15-17)25(37)27(39)35-23(11-13-47-5)31(43)45-3)33-29(41)30(42)34-22-10-8-18(2)16-20(22)26(38)28(40)36-24(12-14-48-6)32(44)46-4;/h7-10,15-16,23-24H,11-14H2,1-6H3,(H,33,41)(H,34,42)(H,35,39)(H,36,40);1H/t23-,24-;/m0./s1. The van der Waals surface area contributed by atoms with Gasteiger partial charge >= 0.3 is 23.8 Å². The average Bonchev–Trinajstić information content (AvgIpc) is 3.08. The number of carbonyl (C=O) groups is 8. The minimum absolute atomic E-state index is 0. The molecule has 14 nitrogen and oxygen atoms in total. The Kier molecular flexibility index (Phi) is 18.1. The predicted octanol–water partition coefficient (Wildman–Crippen LogP) is 2.49. The number of benzene rings is 2. The first-order valence-electron chi connectivity index (χ1n) is 14.4. The Morgan fingerprint density at radius 3 is 1.27 bits per heavy atom. The van der Waals surface area contributed by atoms with E-state index in [1.54, 1.807) is 13.8 Å². The Morgan fingerprint density at radius 1 is 0.612 bits per heavy atom. The molecule has 0 aliphatic carbocycles. The van der Waals surface area contributed by atoms with Crippen LogP contribution in [0, 0.1) is 13.8 Å². The van der Waals surface area contributed by atoms with Gasteiger partial charge in [0.1, 0.15) is 12.1 Å². The van der Waals surface area contributed by atoms with Crippen LogP contribution in [0.15, 0.2) is 36.4 Å². The molecule has 0 aromatic heterocycles. The summed E-state index contributed by atoms with van der Waals surface area (Å²) in [5.74, 6) is -7.38. The second-order valence-electron chi connectivity index (χ2n) is 10.3. The molecule has 2 aromatic carbocycles. The van der Waals surface area contributed by atoms with E-state index in [9.17, 15) is 38.4 Å². The number of halogens is 1. The number of rotatable bonds is 16. The van der Waals surface area contributed by atoms with Gasteiger partial charge < -0.3 is 30.7 Å². The van der Waals surface area contributed by atoms with E-state index in [0.717, 1.165) is 14.2 Å². The summed E-state index contributed by atoms with van der Waals surface area (Å²) in [6.07, 6.45) is 4.03. The normalized spacial score (nSPS) is 11.5. The first kappa shape index (κ1) is 42.6. The summed E-state index contributed by atoms with van der Waals surface area (Å²) in [5, 5.41) is 9.31. The highest BCUT2D eigenvalue weighted by molar-refractivity contribution is 7.98. The lowest BCUT2D eigenvalue weighted by Gasteiger charge is -2.17. The number of carbonyl (C=O) groups excluding carboxylic acids is 8. The SMILES string of the molecule is COC(=O)[C@H](CCSC)NC(=O)C(=O)c1cc(C)ccc1NC(=O)C(=O)Nc1ccc(C)cc1C(=O)C(=O)N[C@@H](CCSC)C(=O)OC.Cl. The van der Waals surface area contributed by atoms with Crippen molar-refractivity contribution in [3.8, 4) is 0 Å². The maximum atomic E-state index is 13.2. The fourth-order valence-electron chi connectivity index (χ4n) is 4.21. The summed E-state index contributed by atoms with van der Waals surface area (Å²) in [6, 6.07) is 6.23. The zero-order valence-corrected chi connectivity index (χ0v) is 30.2. The van der Waals surface area contributed by atoms with Gasteiger partial charge in [0.2, 0.25) is 0 Å². The van der Waals surface area contributed by atoms with Crippen LogP contribution >= 0.6 is 35.9 Å². The first-order valence-corrected chi connectivity index (χ1v) is 17.2. The number of ether oxygens (including phenoxy) is 2. The van der Waals surface area contributed by atoms with Crippen molar-refractivity contribution in [1.29, 1.82) is 0 Å². The molecule has 0 spiro atoms. The molecule has 17 heteroatoms. The number of hydrogen-bond donors (Lipinski definition) is 4. The summed E-state index contributed by atoms with van der Waals surface area (Å²) < 4.78 is 9.43. The van der Waals surface area contributed by atoms with Crippen molar-refractivity contribution >= 4 is 94.4 Å². The molecular weight excluding hydrogens is 700 g/mol. The van der Waals surface area contributed by atoms with Gasteiger partial charge in [0.15, 0.2) is 0 Å². The molecule has 0 bridgehead atoms. The van der Waals surface area contributed by atoms with Crippen LogP contribution in [0.2, 0.25) is 0 Å². The number of amides is 4. The maximum Gasteiger partial charge on any atom is 0.328 e. The van der Waals surface area contributed by atoms with E-state index < -0.39 is 59.2 Å². The van der Waals surface area contributed by atoms with Gasteiger partial charge in [0, 0.05) is 0 Å². The van der Waals surface area contributed by atoms with Crippen LogP contribution in [0.25, 0.3) is 0 Å². The maximum absolute atomic E-state index is 13.2. The molecule has 0 fully saturated rings. The van der Waals surface area contributed by atoms with Crippen molar-refractivity contribution in [3.63, 3.8) is 0 Å². The molecule has 266 valence electrons. The summed E-state index contributed by atoms with van der Waals surface area (Å²) in [7, 11) is 2.31. The fourth-order valence-corrected chi connectivity index (χ4v) is 5.16. The largest absolute Gasteiger partial charge is 0.467 e. The van der Waals surface area contributed by atoms with E-state index in [2.05, 4.69) is 21.3 Å². The number of esters is 2. The number of aryl methyl sites for hydroxylation is 2. The molecule has 0 unspecified atom stereocenters. The zero-order chi connectivity index (χ0) is 36.0. The summed E-state index contributed by atoms with van der Waals surface area (Å²) >= 11 is 2.86. The Hall–Kier alpha value is -4.41. The molecule has 2 rings (SSSR count). The summed E-state index contributed by atoms with van der Waals surface area (Å²) in [4.78, 5) is 102. The van der Waals surface area contributed by atoms with Crippen molar-refractivity contribution in [2.45, 2.75) is 38.8 Å². The average molecular weight is 739 g/mol. The number of ketones is 2. The van der Waals surface area contributed by atoms with Crippen LogP contribution in [-0.2, 0) is 38.2 Å². The highest BCUT2D eigenvalue weighted by Gasteiger charge is 2.30. The molecule has 0 saturated carbocycles. The molecule has 4 N–H and O–H groups in total. The molecule has 2 atom stereocenters. The van der Waals surface area contributed by atoms with Gasteiger partial charge in [-0.1, -0.05) is 23.3 Å². The highest BCUT2D eigenvalue weighted by atomic mass is 35.5. The molecule has 0 radical (unpaired) electrons. The summed E-state index contributed by atoms with van der Waals surface area (Å²) in [6.45, 7) is 3.29. The quantitative estimate of drug-likeness (QED) is 0.112. The van der Waals surface area contributed by atoms with E-state index in [1.165, 1.54) is 59.9 Å². The van der Waals surface area contributed by atoms with E-state index in [0.29, 0.717) is 22.6 Å². The molecular formula is C32H39ClN4O10S2. The lowest BCUT2D eigenvalue weighted by Crippen LogP contribution is -2.45. The Balaban J connectivity index is 0.0000120. The molecule has 4 amide bonds. The van der Waals surface area contributed by atoms with Crippen molar-refractivity contribution in [2.24, 2.45) is 0 Å². The van der Waals surface area contributed by atoms with Gasteiger partial charge in [-0.05, 0) is 75.0 Å². The van der Waals surface area contributed by atoms with Gasteiger partial charge in [0.25, 0.3) is 23.4 Å². The van der Waals surface area contributed by atoms with Crippen molar-refractivity contribution in [2.75, 3.05) is 48.9 Å². The van der Waals surface area contributed by atoms with Crippen LogP contribution < -0.4 is 21.3 Å². The van der Waals surface area contributed by atoms with Crippen LogP contribution in [0.1, 0.15) is 44.7 Å². The van der Waals surface area contributed by atoms with Crippen molar-refractivity contribution < 1.29 is 47.8 Å². The van der Waals surface area contributed by atoms with E-state index in [4.69, 9.17) is 9.47 Å².